The molecule has 1 fully saturated rings. The standard InChI is InChI=1S/C22H26N6OS.HI/c1-16-3-4-19(13-17(16)2)29-20-14-18(5-6-24-20)15-26-21(23)27-8-10-28(11-9-27)22-25-7-12-30-22;/h3-7,12-14H,8-11,15H2,1-2H3,(H2,23,26);1H. The Morgan fingerprint density at radius 2 is 1.87 bits per heavy atom. The maximum absolute atomic E-state index is 6.25. The molecule has 2 N–H and O–H groups in total. The highest BCUT2D eigenvalue weighted by molar-refractivity contribution is 14.0. The zero-order valence-electron chi connectivity index (χ0n) is 17.7. The number of aliphatic imine (C=N–C) groups is 1. The Morgan fingerprint density at radius 3 is 2.58 bits per heavy atom. The second kappa shape index (κ2) is 10.8. The molecule has 0 aliphatic carbocycles. The van der Waals surface area contributed by atoms with Crippen LogP contribution in [-0.2, 0) is 6.54 Å². The van der Waals surface area contributed by atoms with Gasteiger partial charge in [0, 0.05) is 50.0 Å². The number of thiazole rings is 1. The first-order valence-electron chi connectivity index (χ1n) is 9.98. The maximum Gasteiger partial charge on any atom is 0.219 e. The number of hydrogen-bond acceptors (Lipinski definition) is 6. The van der Waals surface area contributed by atoms with Gasteiger partial charge in [-0.15, -0.1) is 35.3 Å². The molecule has 0 spiro atoms. The summed E-state index contributed by atoms with van der Waals surface area (Å²) in [6.07, 6.45) is 3.58. The van der Waals surface area contributed by atoms with Crippen molar-refractivity contribution in [3.8, 4) is 11.6 Å². The minimum atomic E-state index is 0. The zero-order chi connectivity index (χ0) is 20.9. The summed E-state index contributed by atoms with van der Waals surface area (Å²) in [4.78, 5) is 17.7. The number of ether oxygens (including phenoxy) is 1. The van der Waals surface area contributed by atoms with E-state index in [4.69, 9.17) is 10.5 Å². The van der Waals surface area contributed by atoms with Crippen LogP contribution in [0, 0.1) is 13.8 Å². The SMILES string of the molecule is Cc1ccc(Oc2cc(CN=C(N)N3CCN(c4nccs4)CC3)ccn2)cc1C.I. The van der Waals surface area contributed by atoms with E-state index in [0.717, 1.165) is 42.6 Å². The Bertz CT molecular complexity index is 1020. The second-order valence-electron chi connectivity index (χ2n) is 7.31. The van der Waals surface area contributed by atoms with Crippen molar-refractivity contribution in [3.05, 3.63) is 64.8 Å². The molecule has 3 heterocycles. The summed E-state index contributed by atoms with van der Waals surface area (Å²) in [5, 5.41) is 3.07. The first kappa shape index (κ1) is 23.3. The molecule has 0 saturated carbocycles. The summed E-state index contributed by atoms with van der Waals surface area (Å²) in [5.41, 5.74) is 9.69. The molecule has 2 aromatic heterocycles. The first-order chi connectivity index (χ1) is 14.6. The number of pyridine rings is 1. The molecule has 31 heavy (non-hydrogen) atoms. The molecule has 1 aliphatic rings. The smallest absolute Gasteiger partial charge is 0.219 e. The van der Waals surface area contributed by atoms with Gasteiger partial charge in [-0.05, 0) is 48.7 Å². The van der Waals surface area contributed by atoms with Crippen LogP contribution in [0.15, 0.2) is 53.1 Å². The molecule has 9 heteroatoms. The number of nitrogens with two attached hydrogens (primary N) is 1. The largest absolute Gasteiger partial charge is 0.439 e. The van der Waals surface area contributed by atoms with Crippen LogP contribution in [0.5, 0.6) is 11.6 Å². The summed E-state index contributed by atoms with van der Waals surface area (Å²) in [6, 6.07) is 9.87. The van der Waals surface area contributed by atoms with Gasteiger partial charge in [-0.3, -0.25) is 0 Å². The average Bonchev–Trinajstić information content (AvgIpc) is 3.30. The van der Waals surface area contributed by atoms with Crippen molar-refractivity contribution in [1.82, 2.24) is 14.9 Å². The second-order valence-corrected chi connectivity index (χ2v) is 8.19. The van der Waals surface area contributed by atoms with Crippen LogP contribution in [0.2, 0.25) is 0 Å². The number of guanidine groups is 1. The molecule has 3 aromatic rings. The highest BCUT2D eigenvalue weighted by atomic mass is 127. The summed E-state index contributed by atoms with van der Waals surface area (Å²) in [7, 11) is 0. The Morgan fingerprint density at radius 1 is 1.06 bits per heavy atom. The normalized spacial score (nSPS) is 14.3. The Balaban J connectivity index is 0.00000272. The van der Waals surface area contributed by atoms with Gasteiger partial charge in [0.2, 0.25) is 5.88 Å². The van der Waals surface area contributed by atoms with Crippen molar-refractivity contribution < 1.29 is 4.74 Å². The Hall–Kier alpha value is -2.40. The first-order valence-corrected chi connectivity index (χ1v) is 10.9. The number of halogens is 1. The molecule has 0 amide bonds. The molecule has 1 aliphatic heterocycles. The van der Waals surface area contributed by atoms with E-state index < -0.39 is 0 Å². The highest BCUT2D eigenvalue weighted by Crippen LogP contribution is 2.23. The summed E-state index contributed by atoms with van der Waals surface area (Å²) in [6.45, 7) is 8.11. The van der Waals surface area contributed by atoms with Crippen LogP contribution >= 0.6 is 35.3 Å². The molecule has 0 unspecified atom stereocenters. The number of piperazine rings is 1. The number of benzene rings is 1. The van der Waals surface area contributed by atoms with Crippen molar-refractivity contribution in [2.45, 2.75) is 20.4 Å². The number of aromatic nitrogens is 2. The van der Waals surface area contributed by atoms with Gasteiger partial charge in [-0.25, -0.2) is 15.0 Å². The minimum Gasteiger partial charge on any atom is -0.439 e. The fourth-order valence-corrected chi connectivity index (χ4v) is 3.97. The van der Waals surface area contributed by atoms with Crippen molar-refractivity contribution in [2.75, 3.05) is 31.1 Å². The van der Waals surface area contributed by atoms with E-state index in [1.54, 1.807) is 17.5 Å². The lowest BCUT2D eigenvalue weighted by molar-refractivity contribution is 0.380. The molecule has 0 radical (unpaired) electrons. The number of hydrogen-bond donors (Lipinski definition) is 1. The Labute approximate surface area is 204 Å². The molecule has 4 rings (SSSR count). The molecule has 1 aromatic carbocycles. The minimum absolute atomic E-state index is 0. The maximum atomic E-state index is 6.25. The average molecular weight is 550 g/mol. The van der Waals surface area contributed by atoms with E-state index in [1.807, 2.05) is 41.9 Å². The van der Waals surface area contributed by atoms with Crippen molar-refractivity contribution in [3.63, 3.8) is 0 Å². The third-order valence-corrected chi connectivity index (χ3v) is 6.05. The summed E-state index contributed by atoms with van der Waals surface area (Å²) >= 11 is 1.67. The van der Waals surface area contributed by atoms with Gasteiger partial charge < -0.3 is 20.3 Å². The van der Waals surface area contributed by atoms with E-state index in [-0.39, 0.29) is 24.0 Å². The molecule has 7 nitrogen and oxygen atoms in total. The van der Waals surface area contributed by atoms with Gasteiger partial charge in [-0.2, -0.15) is 0 Å². The van der Waals surface area contributed by atoms with Gasteiger partial charge in [0.15, 0.2) is 11.1 Å². The van der Waals surface area contributed by atoms with Crippen LogP contribution in [0.4, 0.5) is 5.13 Å². The van der Waals surface area contributed by atoms with Crippen LogP contribution < -0.4 is 15.4 Å². The molecule has 0 atom stereocenters. The fraction of sp³-hybridized carbons (Fsp3) is 0.318. The van der Waals surface area contributed by atoms with Gasteiger partial charge in [0.05, 0.1) is 6.54 Å². The quantitative estimate of drug-likeness (QED) is 0.292. The molecule has 1 saturated heterocycles. The summed E-state index contributed by atoms with van der Waals surface area (Å²) < 4.78 is 5.91. The Kier molecular flexibility index (Phi) is 8.08. The van der Waals surface area contributed by atoms with Gasteiger partial charge in [-0.1, -0.05) is 6.07 Å². The van der Waals surface area contributed by atoms with Crippen LogP contribution in [0.3, 0.4) is 0 Å². The third kappa shape index (κ3) is 6.07. The number of nitrogens with zero attached hydrogens (tertiary/aromatic N) is 5. The fourth-order valence-electron chi connectivity index (χ4n) is 3.27. The predicted octanol–water partition coefficient (Wildman–Crippen LogP) is 4.20. The van der Waals surface area contributed by atoms with Crippen molar-refractivity contribution >= 4 is 46.4 Å². The lowest BCUT2D eigenvalue weighted by Gasteiger charge is -2.35. The van der Waals surface area contributed by atoms with E-state index in [2.05, 4.69) is 38.6 Å². The molecular formula is C22H27IN6OS. The lowest BCUT2D eigenvalue weighted by Crippen LogP contribution is -2.51. The van der Waals surface area contributed by atoms with Crippen LogP contribution in [0.1, 0.15) is 16.7 Å². The topological polar surface area (TPSA) is 79.9 Å². The van der Waals surface area contributed by atoms with Crippen LogP contribution in [0.25, 0.3) is 0 Å². The van der Waals surface area contributed by atoms with E-state index in [9.17, 15) is 0 Å². The van der Waals surface area contributed by atoms with E-state index in [0.29, 0.717) is 18.4 Å². The molecule has 0 bridgehead atoms. The van der Waals surface area contributed by atoms with E-state index in [1.165, 1.54) is 11.1 Å². The number of rotatable bonds is 5. The van der Waals surface area contributed by atoms with Crippen molar-refractivity contribution in [1.29, 1.82) is 0 Å². The molecule has 164 valence electrons. The lowest BCUT2D eigenvalue weighted by atomic mass is 10.1. The van der Waals surface area contributed by atoms with Gasteiger partial charge in [0.25, 0.3) is 0 Å². The third-order valence-electron chi connectivity index (χ3n) is 5.22. The monoisotopic (exact) mass is 550 g/mol. The number of anilines is 1. The predicted molar refractivity (Wildman–Crippen MR) is 137 cm³/mol. The van der Waals surface area contributed by atoms with Gasteiger partial charge >= 0.3 is 0 Å². The molecular weight excluding hydrogens is 523 g/mol. The van der Waals surface area contributed by atoms with Crippen LogP contribution in [-0.4, -0.2) is 47.0 Å². The van der Waals surface area contributed by atoms with Gasteiger partial charge in [0.1, 0.15) is 5.75 Å². The summed E-state index contributed by atoms with van der Waals surface area (Å²) in [5.74, 6) is 1.91. The zero-order valence-corrected chi connectivity index (χ0v) is 20.8. The van der Waals surface area contributed by atoms with E-state index >= 15 is 0 Å². The number of aryl methyl sites for hydroxylation is 2. The highest BCUT2D eigenvalue weighted by Gasteiger charge is 2.19. The van der Waals surface area contributed by atoms with Crippen molar-refractivity contribution in [2.24, 2.45) is 10.7 Å².